The minimum Gasteiger partial charge on any atom is -0.497 e. The van der Waals surface area contributed by atoms with Gasteiger partial charge in [-0.25, -0.2) is 0 Å². The maximum Gasteiger partial charge on any atom is 0.234 e. The molecule has 1 fully saturated rings. The Bertz CT molecular complexity index is 574. The Labute approximate surface area is 150 Å². The van der Waals surface area contributed by atoms with Crippen molar-refractivity contribution in [1.29, 1.82) is 0 Å². The third kappa shape index (κ3) is 5.74. The van der Waals surface area contributed by atoms with Crippen molar-refractivity contribution in [3.8, 4) is 5.75 Å². The van der Waals surface area contributed by atoms with Crippen LogP contribution in [0.5, 0.6) is 5.75 Å². The molecule has 1 aliphatic heterocycles. The Morgan fingerprint density at radius 2 is 2.08 bits per heavy atom. The number of likely N-dealkylation sites (N-methyl/N-ethyl adjacent to an activating group) is 1. The summed E-state index contributed by atoms with van der Waals surface area (Å²) in [6.45, 7) is 4.61. The molecule has 138 valence electrons. The molecule has 6 heteroatoms. The van der Waals surface area contributed by atoms with Gasteiger partial charge >= 0.3 is 0 Å². The lowest BCUT2D eigenvalue weighted by Gasteiger charge is -2.24. The number of nitrogens with zero attached hydrogens (tertiary/aromatic N) is 2. The van der Waals surface area contributed by atoms with E-state index in [-0.39, 0.29) is 17.9 Å². The number of ether oxygens (including phenoxy) is 1. The van der Waals surface area contributed by atoms with E-state index in [2.05, 4.69) is 12.2 Å². The highest BCUT2D eigenvalue weighted by atomic mass is 16.5. The third-order valence-corrected chi connectivity index (χ3v) is 4.75. The van der Waals surface area contributed by atoms with Crippen molar-refractivity contribution < 1.29 is 14.3 Å². The summed E-state index contributed by atoms with van der Waals surface area (Å²) in [5.74, 6) is 1.07. The maximum absolute atomic E-state index is 12.1. The summed E-state index contributed by atoms with van der Waals surface area (Å²) in [5.41, 5.74) is 1.14. The van der Waals surface area contributed by atoms with Crippen molar-refractivity contribution in [2.75, 3.05) is 40.3 Å². The normalized spacial score (nSPS) is 15.5. The molecule has 0 aromatic heterocycles. The largest absolute Gasteiger partial charge is 0.497 e. The predicted octanol–water partition coefficient (Wildman–Crippen LogP) is 1.82. The number of carbonyl (C=O) groups excluding carboxylic acids is 2. The van der Waals surface area contributed by atoms with Gasteiger partial charge in [-0.1, -0.05) is 12.1 Å². The van der Waals surface area contributed by atoms with Crippen molar-refractivity contribution in [2.45, 2.75) is 32.2 Å². The number of benzene rings is 1. The van der Waals surface area contributed by atoms with Gasteiger partial charge in [-0.15, -0.1) is 0 Å². The highest BCUT2D eigenvalue weighted by Gasteiger charge is 2.19. The quantitative estimate of drug-likeness (QED) is 0.692. The first-order valence-corrected chi connectivity index (χ1v) is 8.90. The number of hydrogen-bond acceptors (Lipinski definition) is 4. The topological polar surface area (TPSA) is 61.9 Å². The fourth-order valence-electron chi connectivity index (χ4n) is 2.99. The maximum atomic E-state index is 12.1. The van der Waals surface area contributed by atoms with E-state index in [4.69, 9.17) is 4.74 Å². The number of rotatable bonds is 9. The molecule has 0 saturated carbocycles. The van der Waals surface area contributed by atoms with Crippen LogP contribution in [0, 0.1) is 0 Å². The summed E-state index contributed by atoms with van der Waals surface area (Å²) in [4.78, 5) is 27.5. The molecule has 1 atom stereocenters. The van der Waals surface area contributed by atoms with Gasteiger partial charge in [-0.2, -0.15) is 0 Å². The molecule has 1 N–H and O–H groups in total. The number of carbonyl (C=O) groups is 2. The van der Waals surface area contributed by atoms with Crippen molar-refractivity contribution in [2.24, 2.45) is 0 Å². The Balaban J connectivity index is 1.68. The summed E-state index contributed by atoms with van der Waals surface area (Å²) in [6.07, 6.45) is 2.43. The average molecular weight is 347 g/mol. The number of hydrogen-bond donors (Lipinski definition) is 1. The van der Waals surface area contributed by atoms with E-state index < -0.39 is 0 Å². The Kier molecular flexibility index (Phi) is 7.25. The average Bonchev–Trinajstić information content (AvgIpc) is 3.03. The summed E-state index contributed by atoms with van der Waals surface area (Å²) in [7, 11) is 3.59. The highest BCUT2D eigenvalue weighted by Crippen LogP contribution is 2.21. The van der Waals surface area contributed by atoms with Crippen LogP contribution in [0.25, 0.3) is 0 Å². The molecule has 0 aliphatic carbocycles. The van der Waals surface area contributed by atoms with E-state index in [0.717, 1.165) is 37.2 Å². The molecule has 2 amide bonds. The van der Waals surface area contributed by atoms with E-state index >= 15 is 0 Å². The van der Waals surface area contributed by atoms with Crippen LogP contribution < -0.4 is 10.1 Å². The van der Waals surface area contributed by atoms with E-state index in [9.17, 15) is 9.59 Å². The lowest BCUT2D eigenvalue weighted by atomic mass is 10.1. The van der Waals surface area contributed by atoms with E-state index in [1.807, 2.05) is 41.1 Å². The lowest BCUT2D eigenvalue weighted by molar-refractivity contribution is -0.127. The van der Waals surface area contributed by atoms with Crippen LogP contribution in [0.4, 0.5) is 0 Å². The summed E-state index contributed by atoms with van der Waals surface area (Å²) in [5, 5.41) is 2.94. The molecule has 2 rings (SSSR count). The number of likely N-dealkylation sites (tertiary alicyclic amines) is 1. The van der Waals surface area contributed by atoms with Crippen LogP contribution in [0.1, 0.15) is 37.8 Å². The Morgan fingerprint density at radius 1 is 1.36 bits per heavy atom. The monoisotopic (exact) mass is 347 g/mol. The molecule has 1 heterocycles. The van der Waals surface area contributed by atoms with E-state index in [1.54, 1.807) is 7.11 Å². The third-order valence-electron chi connectivity index (χ3n) is 4.75. The minimum absolute atomic E-state index is 0.00982. The van der Waals surface area contributed by atoms with Crippen molar-refractivity contribution in [3.05, 3.63) is 29.8 Å². The number of methoxy groups -OCH3 is 1. The molecule has 0 bridgehead atoms. The lowest BCUT2D eigenvalue weighted by Crippen LogP contribution is -2.37. The molecule has 0 radical (unpaired) electrons. The van der Waals surface area contributed by atoms with Gasteiger partial charge in [0.1, 0.15) is 5.75 Å². The van der Waals surface area contributed by atoms with Gasteiger partial charge in [0.15, 0.2) is 0 Å². The molecule has 6 nitrogen and oxygen atoms in total. The van der Waals surface area contributed by atoms with Crippen molar-refractivity contribution in [1.82, 2.24) is 15.1 Å². The zero-order chi connectivity index (χ0) is 18.2. The Morgan fingerprint density at radius 3 is 2.68 bits per heavy atom. The second-order valence-corrected chi connectivity index (χ2v) is 6.55. The van der Waals surface area contributed by atoms with Crippen LogP contribution in [-0.4, -0.2) is 62.0 Å². The molecule has 1 aromatic rings. The Hall–Kier alpha value is -2.08. The van der Waals surface area contributed by atoms with Gasteiger partial charge in [0, 0.05) is 32.1 Å². The van der Waals surface area contributed by atoms with E-state index in [1.165, 1.54) is 0 Å². The predicted molar refractivity (Wildman–Crippen MR) is 97.5 cm³/mol. The molecule has 1 unspecified atom stereocenters. The SMILES string of the molecule is COc1ccc(C(C)N(C)CC(=O)NCCCN2CCCC2=O)cc1. The molecule has 1 aromatic carbocycles. The van der Waals surface area contributed by atoms with Crippen molar-refractivity contribution >= 4 is 11.8 Å². The zero-order valence-electron chi connectivity index (χ0n) is 15.5. The molecule has 1 saturated heterocycles. The van der Waals surface area contributed by atoms with Crippen LogP contribution in [0.2, 0.25) is 0 Å². The van der Waals surface area contributed by atoms with E-state index in [0.29, 0.717) is 19.5 Å². The van der Waals surface area contributed by atoms with Gasteiger partial charge in [0.25, 0.3) is 0 Å². The second kappa shape index (κ2) is 9.42. The molecular formula is C19H29N3O3. The van der Waals surface area contributed by atoms with Gasteiger partial charge in [-0.05, 0) is 44.5 Å². The summed E-state index contributed by atoms with van der Waals surface area (Å²) in [6, 6.07) is 8.04. The number of amides is 2. The van der Waals surface area contributed by atoms with Gasteiger partial charge in [-0.3, -0.25) is 14.5 Å². The summed E-state index contributed by atoms with van der Waals surface area (Å²) < 4.78 is 5.17. The van der Waals surface area contributed by atoms with Crippen LogP contribution in [-0.2, 0) is 9.59 Å². The standard InChI is InChI=1S/C19H29N3O3/c1-15(16-7-9-17(25-3)10-8-16)21(2)14-18(23)20-11-5-13-22-12-4-6-19(22)24/h7-10,15H,4-6,11-14H2,1-3H3,(H,20,23). The molecule has 0 spiro atoms. The van der Waals surface area contributed by atoms with Gasteiger partial charge < -0.3 is 15.0 Å². The van der Waals surface area contributed by atoms with Gasteiger partial charge in [0.05, 0.1) is 13.7 Å². The number of nitrogens with one attached hydrogen (secondary N) is 1. The molecular weight excluding hydrogens is 318 g/mol. The second-order valence-electron chi connectivity index (χ2n) is 6.55. The molecule has 25 heavy (non-hydrogen) atoms. The van der Waals surface area contributed by atoms with Crippen LogP contribution in [0.3, 0.4) is 0 Å². The fraction of sp³-hybridized carbons (Fsp3) is 0.579. The first-order chi connectivity index (χ1) is 12.0. The first kappa shape index (κ1) is 19.2. The fourth-order valence-corrected chi connectivity index (χ4v) is 2.99. The minimum atomic E-state index is 0.00982. The van der Waals surface area contributed by atoms with Crippen molar-refractivity contribution in [3.63, 3.8) is 0 Å². The highest BCUT2D eigenvalue weighted by molar-refractivity contribution is 5.78. The van der Waals surface area contributed by atoms with Crippen LogP contribution in [0.15, 0.2) is 24.3 Å². The zero-order valence-corrected chi connectivity index (χ0v) is 15.5. The van der Waals surface area contributed by atoms with Crippen LogP contribution >= 0.6 is 0 Å². The summed E-state index contributed by atoms with van der Waals surface area (Å²) >= 11 is 0. The molecule has 1 aliphatic rings. The first-order valence-electron chi connectivity index (χ1n) is 8.90. The smallest absolute Gasteiger partial charge is 0.234 e. The van der Waals surface area contributed by atoms with Gasteiger partial charge in [0.2, 0.25) is 11.8 Å².